The number of aromatic nitrogens is 5. The first kappa shape index (κ1) is 28.3. The minimum Gasteiger partial charge on any atom is -0.493 e. The van der Waals surface area contributed by atoms with Crippen molar-refractivity contribution in [2.75, 3.05) is 34.5 Å². The molecule has 10 heteroatoms. The van der Waals surface area contributed by atoms with E-state index in [1.807, 2.05) is 35.9 Å². The zero-order chi connectivity index (χ0) is 27.9. The summed E-state index contributed by atoms with van der Waals surface area (Å²) in [5, 5.41) is 13.7. The number of benzene rings is 2. The van der Waals surface area contributed by atoms with E-state index in [4.69, 9.17) is 14.2 Å². The zero-order valence-electron chi connectivity index (χ0n) is 23.7. The molecule has 0 bridgehead atoms. The Morgan fingerprint density at radius 2 is 1.85 bits per heavy atom. The third kappa shape index (κ3) is 6.46. The van der Waals surface area contributed by atoms with Crippen molar-refractivity contribution in [3.8, 4) is 11.5 Å². The monoisotopic (exact) mass is 535 g/mol. The summed E-state index contributed by atoms with van der Waals surface area (Å²) in [5.41, 5.74) is 4.93. The van der Waals surface area contributed by atoms with Crippen molar-refractivity contribution in [3.63, 3.8) is 0 Å². The number of H-pyrrole nitrogens is 1. The predicted octanol–water partition coefficient (Wildman–Crippen LogP) is 2.57. The predicted molar refractivity (Wildman–Crippen MR) is 150 cm³/mol. The maximum atomic E-state index is 13.3. The van der Waals surface area contributed by atoms with E-state index in [0.29, 0.717) is 31.2 Å². The Hall–Kier alpha value is -3.76. The van der Waals surface area contributed by atoms with Gasteiger partial charge in [-0.25, -0.2) is 4.68 Å². The normalized spacial score (nSPS) is 13.0. The van der Waals surface area contributed by atoms with Crippen LogP contribution in [-0.2, 0) is 24.2 Å². The zero-order valence-corrected chi connectivity index (χ0v) is 23.7. The number of ether oxygens (including phenoxy) is 3. The molecule has 0 saturated carbocycles. The highest BCUT2D eigenvalue weighted by Crippen LogP contribution is 2.27. The van der Waals surface area contributed by atoms with Gasteiger partial charge in [-0.05, 0) is 65.2 Å². The molecular weight excluding hydrogens is 496 g/mol. The van der Waals surface area contributed by atoms with E-state index in [-0.39, 0.29) is 11.6 Å². The molecule has 0 aliphatic heterocycles. The van der Waals surface area contributed by atoms with Crippen LogP contribution in [0.15, 0.2) is 41.2 Å². The van der Waals surface area contributed by atoms with Crippen LogP contribution in [0.4, 0.5) is 0 Å². The molecule has 4 aromatic rings. The van der Waals surface area contributed by atoms with E-state index in [1.165, 1.54) is 4.90 Å². The molecule has 10 nitrogen and oxygen atoms in total. The van der Waals surface area contributed by atoms with Crippen LogP contribution in [0.25, 0.3) is 10.9 Å². The summed E-state index contributed by atoms with van der Waals surface area (Å²) in [4.78, 5) is 17.6. The molecule has 2 aromatic heterocycles. The van der Waals surface area contributed by atoms with Gasteiger partial charge in [0.25, 0.3) is 5.56 Å². The first-order chi connectivity index (χ1) is 18.9. The van der Waals surface area contributed by atoms with Crippen LogP contribution in [0, 0.1) is 13.8 Å². The largest absolute Gasteiger partial charge is 0.493 e. The van der Waals surface area contributed by atoms with E-state index in [1.54, 1.807) is 21.3 Å². The maximum Gasteiger partial charge on any atom is 0.257 e. The summed E-state index contributed by atoms with van der Waals surface area (Å²) in [7, 11) is 4.94. The Labute approximate surface area is 228 Å². The van der Waals surface area contributed by atoms with Gasteiger partial charge >= 0.3 is 0 Å². The Morgan fingerprint density at radius 1 is 1.05 bits per heavy atom. The summed E-state index contributed by atoms with van der Waals surface area (Å²) in [5.74, 6) is 2.19. The van der Waals surface area contributed by atoms with Crippen molar-refractivity contribution in [2.24, 2.45) is 0 Å². The lowest BCUT2D eigenvalue weighted by molar-refractivity contribution is -0.946. The number of rotatable bonds is 13. The highest BCUT2D eigenvalue weighted by atomic mass is 16.5. The molecule has 2 N–H and O–H groups in total. The second kappa shape index (κ2) is 12.9. The Kier molecular flexibility index (Phi) is 9.32. The minimum absolute atomic E-state index is 0.0220. The van der Waals surface area contributed by atoms with Crippen LogP contribution in [0.2, 0.25) is 0 Å². The first-order valence-electron chi connectivity index (χ1n) is 13.3. The van der Waals surface area contributed by atoms with Crippen LogP contribution in [0.3, 0.4) is 0 Å². The number of fused-ring (bicyclic) bond motifs is 1. The fourth-order valence-electron chi connectivity index (χ4n) is 5.27. The number of tetrazole rings is 1. The smallest absolute Gasteiger partial charge is 0.257 e. The van der Waals surface area contributed by atoms with Gasteiger partial charge in [-0.1, -0.05) is 19.1 Å². The number of nitrogens with zero attached hydrogens (tertiary/aromatic N) is 4. The molecular formula is C29H39N6O4+. The molecule has 208 valence electrons. The Balaban J connectivity index is 1.70. The summed E-state index contributed by atoms with van der Waals surface area (Å²) in [6, 6.07) is 12.2. The van der Waals surface area contributed by atoms with Crippen LogP contribution in [0.1, 0.15) is 47.5 Å². The van der Waals surface area contributed by atoms with E-state index < -0.39 is 0 Å². The molecule has 2 aromatic carbocycles. The van der Waals surface area contributed by atoms with Gasteiger partial charge in [-0.15, -0.1) is 5.10 Å². The molecule has 0 fully saturated rings. The van der Waals surface area contributed by atoms with E-state index in [0.717, 1.165) is 58.4 Å². The molecule has 39 heavy (non-hydrogen) atoms. The quantitative estimate of drug-likeness (QED) is 0.271. The highest BCUT2D eigenvalue weighted by Gasteiger charge is 2.29. The van der Waals surface area contributed by atoms with Crippen LogP contribution in [-0.4, -0.2) is 59.7 Å². The lowest BCUT2D eigenvalue weighted by Gasteiger charge is -2.27. The summed E-state index contributed by atoms with van der Waals surface area (Å²) < 4.78 is 18.0. The minimum atomic E-state index is -0.0649. The molecule has 0 amide bonds. The van der Waals surface area contributed by atoms with Crippen molar-refractivity contribution >= 4 is 10.9 Å². The van der Waals surface area contributed by atoms with Gasteiger partial charge in [0.15, 0.2) is 11.5 Å². The van der Waals surface area contributed by atoms with Crippen LogP contribution >= 0.6 is 0 Å². The number of quaternary nitrogens is 1. The second-order valence-corrected chi connectivity index (χ2v) is 9.90. The lowest BCUT2D eigenvalue weighted by Crippen LogP contribution is -3.11. The number of pyridine rings is 1. The number of methoxy groups -OCH3 is 3. The topological polar surface area (TPSA) is 109 Å². The SMILES string of the molecule is CCC(c1nnnn1CCOC)[NH+](CCc1ccc(OC)c(OC)c1)Cc1cc2c(C)cc(C)cc2[nH]c1=O. The molecule has 2 atom stereocenters. The van der Waals surface area contributed by atoms with Gasteiger partial charge in [-0.2, -0.15) is 0 Å². The molecule has 0 radical (unpaired) electrons. The lowest BCUT2D eigenvalue weighted by atomic mass is 10.0. The van der Waals surface area contributed by atoms with Crippen molar-refractivity contribution in [3.05, 3.63) is 74.8 Å². The molecule has 4 rings (SSSR count). The van der Waals surface area contributed by atoms with Crippen LogP contribution in [0.5, 0.6) is 11.5 Å². The molecule has 0 spiro atoms. The van der Waals surface area contributed by atoms with E-state index in [9.17, 15) is 4.79 Å². The van der Waals surface area contributed by atoms with Gasteiger partial charge in [0.1, 0.15) is 12.6 Å². The fraction of sp³-hybridized carbons (Fsp3) is 0.448. The van der Waals surface area contributed by atoms with Crippen molar-refractivity contribution < 1.29 is 19.1 Å². The number of nitrogens with one attached hydrogen (secondary N) is 2. The number of aromatic amines is 1. The van der Waals surface area contributed by atoms with Gasteiger partial charge in [0, 0.05) is 30.9 Å². The van der Waals surface area contributed by atoms with E-state index in [2.05, 4.69) is 46.5 Å². The third-order valence-electron chi connectivity index (χ3n) is 7.27. The molecule has 0 saturated heterocycles. The molecule has 0 aliphatic carbocycles. The maximum absolute atomic E-state index is 13.3. The first-order valence-corrected chi connectivity index (χ1v) is 13.3. The molecule has 2 unspecified atom stereocenters. The van der Waals surface area contributed by atoms with Gasteiger partial charge in [0.2, 0.25) is 5.82 Å². The average molecular weight is 536 g/mol. The summed E-state index contributed by atoms with van der Waals surface area (Å²) in [6.07, 6.45) is 1.58. The van der Waals surface area contributed by atoms with Gasteiger partial charge in [-0.3, -0.25) is 4.79 Å². The van der Waals surface area contributed by atoms with Crippen LogP contribution < -0.4 is 19.9 Å². The standard InChI is InChI=1S/C29H38N6O4/c1-7-25(28-31-32-33-35(28)12-13-37-4)34(11-10-21-8-9-26(38-5)27(16-21)39-6)18-22-17-23-20(3)14-19(2)15-24(23)30-29(22)36/h8-9,14-17,25H,7,10-13,18H2,1-6H3,(H,30,36)/p+1. The fourth-order valence-corrected chi connectivity index (χ4v) is 5.27. The highest BCUT2D eigenvalue weighted by molar-refractivity contribution is 5.83. The van der Waals surface area contributed by atoms with Crippen molar-refractivity contribution in [1.29, 1.82) is 0 Å². The summed E-state index contributed by atoms with van der Waals surface area (Å²) >= 11 is 0. The van der Waals surface area contributed by atoms with Gasteiger partial charge < -0.3 is 24.1 Å². The van der Waals surface area contributed by atoms with E-state index >= 15 is 0 Å². The number of hydrogen-bond acceptors (Lipinski definition) is 7. The Morgan fingerprint density at radius 3 is 2.56 bits per heavy atom. The second-order valence-electron chi connectivity index (χ2n) is 9.90. The molecule has 2 heterocycles. The number of aryl methyl sites for hydroxylation is 2. The van der Waals surface area contributed by atoms with Crippen molar-refractivity contribution in [1.82, 2.24) is 25.2 Å². The summed E-state index contributed by atoms with van der Waals surface area (Å²) in [6.45, 7) is 8.62. The number of hydrogen-bond donors (Lipinski definition) is 2. The van der Waals surface area contributed by atoms with Gasteiger partial charge in [0.05, 0.1) is 39.5 Å². The average Bonchev–Trinajstić information content (AvgIpc) is 3.39. The Bertz CT molecular complexity index is 1460. The molecule has 0 aliphatic rings. The van der Waals surface area contributed by atoms with Crippen molar-refractivity contribution in [2.45, 2.75) is 52.7 Å². The third-order valence-corrected chi connectivity index (χ3v) is 7.27.